The molecule has 1 fully saturated rings. The number of aliphatic hydroxyl groups is 1. The molecule has 1 aliphatic rings. The van der Waals surface area contributed by atoms with Gasteiger partial charge in [0, 0.05) is 12.7 Å². The van der Waals surface area contributed by atoms with Gasteiger partial charge in [-0.05, 0) is 30.9 Å². The number of nitrogens with one attached hydrogen (secondary N) is 1. The van der Waals surface area contributed by atoms with Crippen molar-refractivity contribution in [2.24, 2.45) is 5.92 Å². The molecule has 0 spiro atoms. The normalized spacial score (nSPS) is 24.4. The van der Waals surface area contributed by atoms with Crippen molar-refractivity contribution in [1.29, 1.82) is 0 Å². The summed E-state index contributed by atoms with van der Waals surface area (Å²) in [6.07, 6.45) is 3.42. The molecule has 1 aliphatic carbocycles. The fourth-order valence-electron chi connectivity index (χ4n) is 1.80. The Morgan fingerprint density at radius 3 is 3.07 bits per heavy atom. The molecule has 0 bridgehead atoms. The molecule has 2 rings (SSSR count). The number of hydrogen-bond acceptors (Lipinski definition) is 4. The van der Waals surface area contributed by atoms with Crippen LogP contribution in [0.2, 0.25) is 0 Å². The van der Waals surface area contributed by atoms with Crippen molar-refractivity contribution in [1.82, 2.24) is 4.98 Å². The van der Waals surface area contributed by atoms with Crippen LogP contribution in [0.1, 0.15) is 12.8 Å². The number of hydrogen-bond donors (Lipinski definition) is 2. The number of aliphatic hydroxyl groups excluding tert-OH is 1. The Hall–Kier alpha value is -1.29. The van der Waals surface area contributed by atoms with Crippen LogP contribution in [0.15, 0.2) is 18.3 Å². The van der Waals surface area contributed by atoms with Crippen LogP contribution in [0.25, 0.3) is 0 Å². The monoisotopic (exact) mass is 208 g/mol. The van der Waals surface area contributed by atoms with E-state index in [1.54, 1.807) is 13.3 Å². The van der Waals surface area contributed by atoms with E-state index in [9.17, 15) is 0 Å². The van der Waals surface area contributed by atoms with Crippen molar-refractivity contribution in [2.75, 3.05) is 19.0 Å². The van der Waals surface area contributed by atoms with Crippen molar-refractivity contribution in [2.45, 2.75) is 18.9 Å². The van der Waals surface area contributed by atoms with Crippen molar-refractivity contribution >= 4 is 5.82 Å². The minimum Gasteiger partial charge on any atom is -0.493 e. The molecule has 2 N–H and O–H groups in total. The van der Waals surface area contributed by atoms with Crippen molar-refractivity contribution < 1.29 is 9.84 Å². The highest BCUT2D eigenvalue weighted by Gasteiger charge is 2.26. The summed E-state index contributed by atoms with van der Waals surface area (Å²) in [7, 11) is 1.63. The lowest BCUT2D eigenvalue weighted by Gasteiger charge is -2.31. The maximum Gasteiger partial charge on any atom is 0.168 e. The number of ether oxygens (including phenoxy) is 1. The molecule has 0 saturated heterocycles. The maximum atomic E-state index is 9.15. The summed E-state index contributed by atoms with van der Waals surface area (Å²) >= 11 is 0. The summed E-state index contributed by atoms with van der Waals surface area (Å²) in [5.74, 6) is 2.10. The molecule has 1 aromatic rings. The number of aromatic nitrogens is 1. The average Bonchev–Trinajstić information content (AvgIpc) is 2.23. The first kappa shape index (κ1) is 10.2. The minimum absolute atomic E-state index is 0.0950. The quantitative estimate of drug-likeness (QED) is 0.782. The second-order valence-corrected chi connectivity index (χ2v) is 3.93. The molecule has 15 heavy (non-hydrogen) atoms. The standard InChI is InChI=1S/C11H16N2O2/c1-15-10-3-2-4-12-11(10)13-7-8-5-9(14)6-8/h2-4,8-9,14H,5-7H2,1H3,(H,12,13). The Labute approximate surface area is 89.3 Å². The Balaban J connectivity index is 1.87. The molecule has 0 radical (unpaired) electrons. The molecule has 0 aromatic carbocycles. The smallest absolute Gasteiger partial charge is 0.168 e. The van der Waals surface area contributed by atoms with E-state index in [2.05, 4.69) is 10.3 Å². The topological polar surface area (TPSA) is 54.4 Å². The Morgan fingerprint density at radius 2 is 2.40 bits per heavy atom. The van der Waals surface area contributed by atoms with E-state index in [0.29, 0.717) is 5.92 Å². The Bertz CT molecular complexity index is 324. The second-order valence-electron chi connectivity index (χ2n) is 3.93. The SMILES string of the molecule is COc1cccnc1NCC1CC(O)C1. The summed E-state index contributed by atoms with van der Waals surface area (Å²) in [6, 6.07) is 3.72. The lowest BCUT2D eigenvalue weighted by molar-refractivity contribution is 0.0486. The van der Waals surface area contributed by atoms with Crippen LogP contribution in [0.3, 0.4) is 0 Å². The Morgan fingerprint density at radius 1 is 1.60 bits per heavy atom. The molecule has 1 saturated carbocycles. The van der Waals surface area contributed by atoms with E-state index in [0.717, 1.165) is 31.0 Å². The molecule has 0 atom stereocenters. The van der Waals surface area contributed by atoms with Crippen molar-refractivity contribution in [3.05, 3.63) is 18.3 Å². The van der Waals surface area contributed by atoms with Gasteiger partial charge in [0.1, 0.15) is 0 Å². The van der Waals surface area contributed by atoms with Crippen LogP contribution < -0.4 is 10.1 Å². The number of pyridine rings is 1. The first-order valence-corrected chi connectivity index (χ1v) is 5.20. The lowest BCUT2D eigenvalue weighted by Crippen LogP contribution is -2.33. The van der Waals surface area contributed by atoms with Crippen molar-refractivity contribution in [3.8, 4) is 5.75 Å². The molecule has 4 heteroatoms. The fraction of sp³-hybridized carbons (Fsp3) is 0.545. The van der Waals surface area contributed by atoms with Gasteiger partial charge in [-0.1, -0.05) is 0 Å². The highest BCUT2D eigenvalue weighted by atomic mass is 16.5. The van der Waals surface area contributed by atoms with Crippen LogP contribution in [0.4, 0.5) is 5.82 Å². The van der Waals surface area contributed by atoms with E-state index in [1.807, 2.05) is 12.1 Å². The third kappa shape index (κ3) is 2.39. The van der Waals surface area contributed by atoms with Crippen LogP contribution in [-0.4, -0.2) is 29.8 Å². The molecular weight excluding hydrogens is 192 g/mol. The number of methoxy groups -OCH3 is 1. The minimum atomic E-state index is -0.0950. The second kappa shape index (κ2) is 4.49. The number of anilines is 1. The number of nitrogens with zero attached hydrogens (tertiary/aromatic N) is 1. The molecule has 1 heterocycles. The number of rotatable bonds is 4. The summed E-state index contributed by atoms with van der Waals surface area (Å²) in [5, 5.41) is 12.4. The molecule has 4 nitrogen and oxygen atoms in total. The summed E-state index contributed by atoms with van der Waals surface area (Å²) in [5.41, 5.74) is 0. The van der Waals surface area contributed by atoms with Gasteiger partial charge < -0.3 is 15.2 Å². The van der Waals surface area contributed by atoms with Crippen LogP contribution in [0.5, 0.6) is 5.75 Å². The molecule has 0 aliphatic heterocycles. The zero-order valence-electron chi connectivity index (χ0n) is 8.81. The van der Waals surface area contributed by atoms with Crippen molar-refractivity contribution in [3.63, 3.8) is 0 Å². The molecule has 0 unspecified atom stereocenters. The molecule has 1 aromatic heterocycles. The zero-order valence-corrected chi connectivity index (χ0v) is 8.81. The molecule has 82 valence electrons. The predicted molar refractivity (Wildman–Crippen MR) is 58.0 cm³/mol. The van der Waals surface area contributed by atoms with Crippen LogP contribution >= 0.6 is 0 Å². The van der Waals surface area contributed by atoms with E-state index >= 15 is 0 Å². The predicted octanol–water partition coefficient (Wildman–Crippen LogP) is 1.27. The maximum absolute atomic E-state index is 9.15. The first-order valence-electron chi connectivity index (χ1n) is 5.20. The third-order valence-corrected chi connectivity index (χ3v) is 2.76. The first-order chi connectivity index (χ1) is 7.29. The van der Waals surface area contributed by atoms with Crippen LogP contribution in [0, 0.1) is 5.92 Å². The van der Waals surface area contributed by atoms with E-state index < -0.39 is 0 Å². The fourth-order valence-corrected chi connectivity index (χ4v) is 1.80. The van der Waals surface area contributed by atoms with Gasteiger partial charge in [0.2, 0.25) is 0 Å². The summed E-state index contributed by atoms with van der Waals surface area (Å²) in [6.45, 7) is 0.852. The lowest BCUT2D eigenvalue weighted by atomic mass is 9.82. The van der Waals surface area contributed by atoms with Gasteiger partial charge in [-0.15, -0.1) is 0 Å². The highest BCUT2D eigenvalue weighted by molar-refractivity contribution is 5.49. The van der Waals surface area contributed by atoms with E-state index in [-0.39, 0.29) is 6.10 Å². The largest absolute Gasteiger partial charge is 0.493 e. The van der Waals surface area contributed by atoms with Gasteiger partial charge in [0.05, 0.1) is 13.2 Å². The third-order valence-electron chi connectivity index (χ3n) is 2.76. The van der Waals surface area contributed by atoms with Gasteiger partial charge in [-0.3, -0.25) is 0 Å². The summed E-state index contributed by atoms with van der Waals surface area (Å²) < 4.78 is 5.18. The Kier molecular flexibility index (Phi) is 3.06. The summed E-state index contributed by atoms with van der Waals surface area (Å²) in [4.78, 5) is 4.20. The van der Waals surface area contributed by atoms with Crippen LogP contribution in [-0.2, 0) is 0 Å². The van der Waals surface area contributed by atoms with Gasteiger partial charge >= 0.3 is 0 Å². The van der Waals surface area contributed by atoms with Gasteiger partial charge in [-0.25, -0.2) is 4.98 Å². The highest BCUT2D eigenvalue weighted by Crippen LogP contribution is 2.28. The van der Waals surface area contributed by atoms with Gasteiger partial charge in [-0.2, -0.15) is 0 Å². The van der Waals surface area contributed by atoms with E-state index in [4.69, 9.17) is 9.84 Å². The molecule has 0 amide bonds. The van der Waals surface area contributed by atoms with Gasteiger partial charge in [0.25, 0.3) is 0 Å². The van der Waals surface area contributed by atoms with Gasteiger partial charge in [0.15, 0.2) is 11.6 Å². The van der Waals surface area contributed by atoms with E-state index in [1.165, 1.54) is 0 Å². The average molecular weight is 208 g/mol. The zero-order chi connectivity index (χ0) is 10.7. The molecular formula is C11H16N2O2.